The van der Waals surface area contributed by atoms with Crippen LogP contribution in [0.1, 0.15) is 40.7 Å². The molecule has 1 saturated heterocycles. The highest BCUT2D eigenvalue weighted by Gasteiger charge is 2.22. The van der Waals surface area contributed by atoms with E-state index < -0.39 is 0 Å². The number of likely N-dealkylation sites (tertiary alicyclic amines) is 1. The van der Waals surface area contributed by atoms with Crippen molar-refractivity contribution >= 4 is 27.2 Å². The van der Waals surface area contributed by atoms with Crippen LogP contribution in [0.5, 0.6) is 17.2 Å². The van der Waals surface area contributed by atoms with Gasteiger partial charge >= 0.3 is 0 Å². The van der Waals surface area contributed by atoms with Crippen LogP contribution in [0.3, 0.4) is 0 Å². The number of carbonyl (C=O) groups excluding carboxylic acids is 1. The fourth-order valence-electron chi connectivity index (χ4n) is 4.97. The van der Waals surface area contributed by atoms with Crippen LogP contribution in [0.4, 0.5) is 0 Å². The van der Waals surface area contributed by atoms with Crippen molar-refractivity contribution in [1.29, 1.82) is 0 Å². The Kier molecular flexibility index (Phi) is 7.77. The molecule has 0 spiro atoms. The third-order valence-corrected chi connectivity index (χ3v) is 8.22. The minimum Gasteiger partial charge on any atom is -0.497 e. The molecule has 0 saturated carbocycles. The van der Waals surface area contributed by atoms with Crippen molar-refractivity contribution in [2.24, 2.45) is 0 Å². The number of methoxy groups -OCH3 is 2. The number of piperidine rings is 1. The van der Waals surface area contributed by atoms with Crippen molar-refractivity contribution in [3.8, 4) is 27.7 Å². The summed E-state index contributed by atoms with van der Waals surface area (Å²) in [6.07, 6.45) is 3.89. The molecule has 1 fully saturated rings. The lowest BCUT2D eigenvalue weighted by Crippen LogP contribution is -2.33. The van der Waals surface area contributed by atoms with Crippen molar-refractivity contribution < 1.29 is 19.0 Å². The molecular weight excluding hydrogens is 482 g/mol. The van der Waals surface area contributed by atoms with E-state index in [1.165, 1.54) is 19.3 Å². The van der Waals surface area contributed by atoms with Crippen molar-refractivity contribution in [2.45, 2.75) is 26.2 Å². The zero-order valence-electron chi connectivity index (χ0n) is 21.7. The fraction of sp³-hybridized carbons (Fsp3) is 0.323. The van der Waals surface area contributed by atoms with Gasteiger partial charge in [-0.15, -0.1) is 11.3 Å². The van der Waals surface area contributed by atoms with E-state index >= 15 is 0 Å². The highest BCUT2D eigenvalue weighted by atomic mass is 32.1. The van der Waals surface area contributed by atoms with Gasteiger partial charge in [-0.25, -0.2) is 0 Å². The maximum atomic E-state index is 13.9. The molecule has 0 unspecified atom stereocenters. The molecule has 37 heavy (non-hydrogen) atoms. The van der Waals surface area contributed by atoms with Crippen LogP contribution in [0, 0.1) is 6.92 Å². The Morgan fingerprint density at radius 2 is 1.65 bits per heavy atom. The molecule has 1 aliphatic rings. The molecule has 0 amide bonds. The third kappa shape index (κ3) is 5.50. The average molecular weight is 516 g/mol. The van der Waals surface area contributed by atoms with E-state index in [1.54, 1.807) is 25.6 Å². The highest BCUT2D eigenvalue weighted by Crippen LogP contribution is 2.42. The van der Waals surface area contributed by atoms with Crippen LogP contribution in [-0.4, -0.2) is 51.1 Å². The second-order valence-corrected chi connectivity index (χ2v) is 10.5. The monoisotopic (exact) mass is 515 g/mol. The van der Waals surface area contributed by atoms with E-state index in [4.69, 9.17) is 14.2 Å². The number of rotatable bonds is 9. The van der Waals surface area contributed by atoms with Gasteiger partial charge in [-0.05, 0) is 105 Å². The molecular formula is C31H33NO4S. The van der Waals surface area contributed by atoms with Gasteiger partial charge < -0.3 is 14.2 Å². The van der Waals surface area contributed by atoms with Gasteiger partial charge in [0, 0.05) is 32.6 Å². The largest absolute Gasteiger partial charge is 0.497 e. The Labute approximate surface area is 222 Å². The maximum Gasteiger partial charge on any atom is 0.195 e. The van der Waals surface area contributed by atoms with Crippen LogP contribution in [0.2, 0.25) is 0 Å². The van der Waals surface area contributed by atoms with E-state index in [-0.39, 0.29) is 5.78 Å². The summed E-state index contributed by atoms with van der Waals surface area (Å²) in [4.78, 5) is 17.3. The van der Waals surface area contributed by atoms with Crippen LogP contribution in [-0.2, 0) is 0 Å². The topological polar surface area (TPSA) is 48.0 Å². The molecule has 6 heteroatoms. The molecule has 1 aliphatic heterocycles. The maximum absolute atomic E-state index is 13.9. The first-order chi connectivity index (χ1) is 18.1. The third-order valence-electron chi connectivity index (χ3n) is 7.02. The lowest BCUT2D eigenvalue weighted by Gasteiger charge is -2.26. The lowest BCUT2D eigenvalue weighted by atomic mass is 9.97. The summed E-state index contributed by atoms with van der Waals surface area (Å²) in [5, 5.41) is 0.932. The smallest absolute Gasteiger partial charge is 0.195 e. The van der Waals surface area contributed by atoms with Gasteiger partial charge in [0.1, 0.15) is 23.9 Å². The van der Waals surface area contributed by atoms with Crippen LogP contribution < -0.4 is 14.2 Å². The first-order valence-corrected chi connectivity index (χ1v) is 13.6. The molecule has 0 bridgehead atoms. The number of nitrogens with zero attached hydrogens (tertiary/aromatic N) is 1. The molecule has 0 N–H and O–H groups in total. The van der Waals surface area contributed by atoms with Crippen LogP contribution >= 0.6 is 11.3 Å². The number of benzene rings is 3. The number of hydrogen-bond donors (Lipinski definition) is 0. The number of carbonyl (C=O) groups is 1. The predicted octanol–water partition coefficient (Wildman–Crippen LogP) is 6.99. The molecule has 192 valence electrons. The summed E-state index contributed by atoms with van der Waals surface area (Å²) in [6, 6.07) is 19.5. The first-order valence-electron chi connectivity index (χ1n) is 12.8. The zero-order chi connectivity index (χ0) is 25.8. The summed E-state index contributed by atoms with van der Waals surface area (Å²) in [6.45, 7) is 5.94. The molecule has 0 radical (unpaired) electrons. The van der Waals surface area contributed by atoms with E-state index in [1.807, 2.05) is 61.5 Å². The van der Waals surface area contributed by atoms with Crippen molar-refractivity contribution in [1.82, 2.24) is 4.90 Å². The number of ether oxygens (including phenoxy) is 3. The van der Waals surface area contributed by atoms with Gasteiger partial charge in [0.15, 0.2) is 5.78 Å². The van der Waals surface area contributed by atoms with Crippen molar-refractivity contribution in [2.75, 3.05) is 40.5 Å². The Morgan fingerprint density at radius 1 is 0.892 bits per heavy atom. The molecule has 3 aromatic carbocycles. The first kappa shape index (κ1) is 25.3. The van der Waals surface area contributed by atoms with E-state index in [9.17, 15) is 4.79 Å². The van der Waals surface area contributed by atoms with Gasteiger partial charge in [0.05, 0.1) is 14.2 Å². The molecule has 5 nitrogen and oxygen atoms in total. The summed E-state index contributed by atoms with van der Waals surface area (Å²) in [5.41, 5.74) is 3.38. The fourth-order valence-corrected chi connectivity index (χ4v) is 6.20. The highest BCUT2D eigenvalue weighted by molar-refractivity contribution is 7.22. The molecule has 4 aromatic rings. The number of fused-ring (bicyclic) bond motifs is 1. The summed E-state index contributed by atoms with van der Waals surface area (Å²) in [5.74, 6) is 2.39. The van der Waals surface area contributed by atoms with E-state index in [0.717, 1.165) is 63.0 Å². The van der Waals surface area contributed by atoms with Gasteiger partial charge in [0.25, 0.3) is 0 Å². The average Bonchev–Trinajstić information content (AvgIpc) is 3.32. The number of hydrogen-bond acceptors (Lipinski definition) is 6. The van der Waals surface area contributed by atoms with Gasteiger partial charge in [-0.2, -0.15) is 0 Å². The Balaban J connectivity index is 1.42. The van der Waals surface area contributed by atoms with Crippen molar-refractivity contribution in [3.05, 3.63) is 77.4 Å². The van der Waals surface area contributed by atoms with Gasteiger partial charge in [-0.3, -0.25) is 9.69 Å². The summed E-state index contributed by atoms with van der Waals surface area (Å²) < 4.78 is 17.9. The number of thiophene rings is 1. The van der Waals surface area contributed by atoms with Crippen LogP contribution in [0.15, 0.2) is 60.7 Å². The van der Waals surface area contributed by atoms with Crippen LogP contribution in [0.25, 0.3) is 20.5 Å². The van der Waals surface area contributed by atoms with Gasteiger partial charge in [0.2, 0.25) is 0 Å². The minimum absolute atomic E-state index is 0.000227. The second kappa shape index (κ2) is 11.4. The lowest BCUT2D eigenvalue weighted by molar-refractivity contribution is 0.104. The predicted molar refractivity (Wildman–Crippen MR) is 151 cm³/mol. The van der Waals surface area contributed by atoms with E-state index in [2.05, 4.69) is 11.0 Å². The molecule has 1 aromatic heterocycles. The Bertz CT molecular complexity index is 1390. The Hall–Kier alpha value is -3.35. The van der Waals surface area contributed by atoms with Gasteiger partial charge in [-0.1, -0.05) is 6.42 Å². The second-order valence-electron chi connectivity index (χ2n) is 9.46. The molecule has 5 rings (SSSR count). The quantitative estimate of drug-likeness (QED) is 0.225. The SMILES string of the molecule is COc1ccc2c(C(=O)c3ccc(OCCN4CCCCC4)cc3)c(-c3ccc(OC)c(C)c3)sc2c1. The number of aryl methyl sites for hydroxylation is 1. The zero-order valence-corrected chi connectivity index (χ0v) is 22.5. The standard InChI is InChI=1S/C31H33NO4S/c1-21-19-23(9-14-27(21)35-3)31-29(26-13-12-25(34-2)20-28(26)37-31)30(33)22-7-10-24(11-8-22)36-18-17-32-15-5-4-6-16-32/h7-14,19-20H,4-6,15-18H2,1-3H3. The Morgan fingerprint density at radius 3 is 2.35 bits per heavy atom. The molecule has 0 aliphatic carbocycles. The van der Waals surface area contributed by atoms with E-state index in [0.29, 0.717) is 17.7 Å². The molecule has 0 atom stereocenters. The normalized spacial score (nSPS) is 14.0. The minimum atomic E-state index is -0.000227. The summed E-state index contributed by atoms with van der Waals surface area (Å²) in [7, 11) is 3.33. The molecule has 2 heterocycles. The van der Waals surface area contributed by atoms with Crippen molar-refractivity contribution in [3.63, 3.8) is 0 Å². The number of ketones is 1. The summed E-state index contributed by atoms with van der Waals surface area (Å²) >= 11 is 1.61.